The minimum absolute atomic E-state index is 0.0231. The number of rotatable bonds is 3. The molecular formula is C20H26BrNO3. The normalized spacial score (nSPS) is 32.3. The quantitative estimate of drug-likeness (QED) is 0.774. The van der Waals surface area contributed by atoms with Gasteiger partial charge in [-0.25, -0.2) is 0 Å². The minimum atomic E-state index is -0.727. The minimum Gasteiger partial charge on any atom is -0.379 e. The van der Waals surface area contributed by atoms with E-state index in [1.54, 1.807) is 7.11 Å². The molecule has 4 nitrogen and oxygen atoms in total. The number of hydrogen-bond acceptors (Lipinski definition) is 3. The second kappa shape index (κ2) is 6.51. The molecule has 1 N–H and O–H groups in total. The largest absolute Gasteiger partial charge is 0.379 e. The van der Waals surface area contributed by atoms with Gasteiger partial charge in [-0.1, -0.05) is 28.9 Å². The highest BCUT2D eigenvalue weighted by Crippen LogP contribution is 2.45. The van der Waals surface area contributed by atoms with Gasteiger partial charge in [0.1, 0.15) is 5.92 Å². The molecule has 1 aromatic carbocycles. The first-order valence-corrected chi connectivity index (χ1v) is 9.75. The summed E-state index contributed by atoms with van der Waals surface area (Å²) in [6, 6.07) is 4.07. The van der Waals surface area contributed by atoms with E-state index < -0.39 is 11.5 Å². The number of amides is 1. The van der Waals surface area contributed by atoms with Gasteiger partial charge >= 0.3 is 0 Å². The maximum absolute atomic E-state index is 13.4. The third-order valence-electron chi connectivity index (χ3n) is 6.04. The second-order valence-corrected chi connectivity index (χ2v) is 8.55. The van der Waals surface area contributed by atoms with Crippen LogP contribution in [0.5, 0.6) is 0 Å². The number of carbonyl (C=O) groups excluding carboxylic acids is 2. The zero-order valence-electron chi connectivity index (χ0n) is 15.4. The Labute approximate surface area is 157 Å². The lowest BCUT2D eigenvalue weighted by atomic mass is 9.71. The van der Waals surface area contributed by atoms with Crippen molar-refractivity contribution in [1.29, 1.82) is 0 Å². The summed E-state index contributed by atoms with van der Waals surface area (Å²) in [6.07, 6.45) is 3.63. The Balaban J connectivity index is 1.96. The van der Waals surface area contributed by atoms with Gasteiger partial charge in [-0.05, 0) is 68.7 Å². The number of methoxy groups -OCH3 is 1. The van der Waals surface area contributed by atoms with Crippen molar-refractivity contribution < 1.29 is 14.3 Å². The molecule has 1 heterocycles. The van der Waals surface area contributed by atoms with E-state index in [0.717, 1.165) is 40.4 Å². The molecule has 1 aliphatic heterocycles. The smallest absolute Gasteiger partial charge is 0.236 e. The van der Waals surface area contributed by atoms with Gasteiger partial charge in [0, 0.05) is 11.6 Å². The van der Waals surface area contributed by atoms with E-state index in [-0.39, 0.29) is 17.3 Å². The molecule has 1 saturated heterocycles. The highest BCUT2D eigenvalue weighted by molar-refractivity contribution is 9.10. The molecular weight excluding hydrogens is 382 g/mol. The van der Waals surface area contributed by atoms with Crippen molar-refractivity contribution in [2.24, 2.45) is 0 Å². The third kappa shape index (κ3) is 3.06. The number of Topliss-reactive ketones (excluding diaryl/α,β-unsaturated/α-hetero) is 1. The Morgan fingerprint density at radius 3 is 2.44 bits per heavy atom. The van der Waals surface area contributed by atoms with Gasteiger partial charge in [0.05, 0.1) is 11.1 Å². The molecule has 1 spiro atoms. The molecule has 0 aromatic heterocycles. The standard InChI is InChI=1S/C20H26BrNO3/c1-5-13-10-12(2)11-14(21)15(13)16-17(23)20(22-18(16)24)8-6-19(3,25-4)7-9-20/h10-11,16H,5-9H2,1-4H3,(H,22,24). The van der Waals surface area contributed by atoms with Crippen molar-refractivity contribution in [3.63, 3.8) is 0 Å². The summed E-state index contributed by atoms with van der Waals surface area (Å²) in [6.45, 7) is 6.16. The lowest BCUT2D eigenvalue weighted by Crippen LogP contribution is -2.52. The van der Waals surface area contributed by atoms with E-state index in [2.05, 4.69) is 41.2 Å². The molecule has 1 saturated carbocycles. The highest BCUT2D eigenvalue weighted by atomic mass is 79.9. The summed E-state index contributed by atoms with van der Waals surface area (Å²) in [5.74, 6) is -0.850. The SMILES string of the molecule is CCc1cc(C)cc(Br)c1C1C(=O)NC2(CCC(C)(OC)CC2)C1=O. The summed E-state index contributed by atoms with van der Waals surface area (Å²) in [4.78, 5) is 26.2. The van der Waals surface area contributed by atoms with Crippen LogP contribution in [0.3, 0.4) is 0 Å². The maximum atomic E-state index is 13.4. The summed E-state index contributed by atoms with van der Waals surface area (Å²) >= 11 is 3.59. The number of ether oxygens (including phenoxy) is 1. The molecule has 0 radical (unpaired) electrons. The van der Waals surface area contributed by atoms with Gasteiger partial charge in [0.25, 0.3) is 0 Å². The number of nitrogens with one attached hydrogen (secondary N) is 1. The summed E-state index contributed by atoms with van der Waals surface area (Å²) in [5.41, 5.74) is 2.10. The number of aryl methyl sites for hydroxylation is 2. The van der Waals surface area contributed by atoms with Crippen molar-refractivity contribution in [2.45, 2.75) is 69.9 Å². The van der Waals surface area contributed by atoms with Crippen molar-refractivity contribution in [3.05, 3.63) is 33.3 Å². The Kier molecular flexibility index (Phi) is 4.84. The van der Waals surface area contributed by atoms with E-state index in [1.165, 1.54) is 0 Å². The Morgan fingerprint density at radius 1 is 1.24 bits per heavy atom. The van der Waals surface area contributed by atoms with Gasteiger partial charge in [-0.2, -0.15) is 0 Å². The summed E-state index contributed by atoms with van der Waals surface area (Å²) in [7, 11) is 1.72. The topological polar surface area (TPSA) is 55.4 Å². The van der Waals surface area contributed by atoms with Crippen LogP contribution in [0.1, 0.15) is 62.1 Å². The zero-order valence-corrected chi connectivity index (χ0v) is 17.0. The number of ketones is 1. The number of benzene rings is 1. The van der Waals surface area contributed by atoms with Crippen molar-refractivity contribution in [2.75, 3.05) is 7.11 Å². The first-order valence-electron chi connectivity index (χ1n) is 8.96. The molecule has 25 heavy (non-hydrogen) atoms. The van der Waals surface area contributed by atoms with Crippen LogP contribution in [0.4, 0.5) is 0 Å². The van der Waals surface area contributed by atoms with Crippen LogP contribution in [0.25, 0.3) is 0 Å². The fourth-order valence-corrected chi connectivity index (χ4v) is 5.09. The van der Waals surface area contributed by atoms with Crippen LogP contribution in [0.15, 0.2) is 16.6 Å². The Hall–Kier alpha value is -1.20. The van der Waals surface area contributed by atoms with Crippen LogP contribution < -0.4 is 5.32 Å². The first-order chi connectivity index (χ1) is 11.7. The van der Waals surface area contributed by atoms with E-state index in [1.807, 2.05) is 13.0 Å². The van der Waals surface area contributed by atoms with Gasteiger partial charge in [0.15, 0.2) is 5.78 Å². The van der Waals surface area contributed by atoms with E-state index in [9.17, 15) is 9.59 Å². The number of carbonyl (C=O) groups is 2. The molecule has 1 unspecified atom stereocenters. The molecule has 2 aliphatic rings. The molecule has 136 valence electrons. The van der Waals surface area contributed by atoms with Gasteiger partial charge in [-0.3, -0.25) is 9.59 Å². The first kappa shape index (κ1) is 18.6. The average molecular weight is 408 g/mol. The monoisotopic (exact) mass is 407 g/mol. The summed E-state index contributed by atoms with van der Waals surface area (Å²) in [5, 5.41) is 3.06. The molecule has 0 bridgehead atoms. The van der Waals surface area contributed by atoms with E-state index in [0.29, 0.717) is 12.8 Å². The van der Waals surface area contributed by atoms with Crippen molar-refractivity contribution >= 4 is 27.6 Å². The third-order valence-corrected chi connectivity index (χ3v) is 6.70. The van der Waals surface area contributed by atoms with Gasteiger partial charge < -0.3 is 10.1 Å². The summed E-state index contributed by atoms with van der Waals surface area (Å²) < 4.78 is 6.45. The molecule has 2 fully saturated rings. The molecule has 1 aromatic rings. The van der Waals surface area contributed by atoms with Crippen LogP contribution in [0, 0.1) is 6.92 Å². The second-order valence-electron chi connectivity index (χ2n) is 7.70. The van der Waals surface area contributed by atoms with Crippen LogP contribution >= 0.6 is 15.9 Å². The van der Waals surface area contributed by atoms with Gasteiger partial charge in [-0.15, -0.1) is 0 Å². The van der Waals surface area contributed by atoms with Crippen LogP contribution in [-0.4, -0.2) is 29.9 Å². The molecule has 1 amide bonds. The lowest BCUT2D eigenvalue weighted by Gasteiger charge is -2.41. The Morgan fingerprint density at radius 2 is 1.88 bits per heavy atom. The predicted octanol–water partition coefficient (Wildman–Crippen LogP) is 3.82. The maximum Gasteiger partial charge on any atom is 0.236 e. The molecule has 3 rings (SSSR count). The van der Waals surface area contributed by atoms with Crippen LogP contribution in [0.2, 0.25) is 0 Å². The Bertz CT molecular complexity index is 720. The van der Waals surface area contributed by atoms with E-state index in [4.69, 9.17) is 4.74 Å². The number of hydrogen-bond donors (Lipinski definition) is 1. The lowest BCUT2D eigenvalue weighted by molar-refractivity contribution is -0.127. The van der Waals surface area contributed by atoms with Crippen molar-refractivity contribution in [1.82, 2.24) is 5.32 Å². The van der Waals surface area contributed by atoms with Crippen molar-refractivity contribution in [3.8, 4) is 0 Å². The predicted molar refractivity (Wildman–Crippen MR) is 101 cm³/mol. The van der Waals surface area contributed by atoms with Crippen LogP contribution in [-0.2, 0) is 20.7 Å². The van der Waals surface area contributed by atoms with E-state index >= 15 is 0 Å². The average Bonchev–Trinajstić information content (AvgIpc) is 2.81. The molecule has 1 aliphatic carbocycles. The number of halogens is 1. The van der Waals surface area contributed by atoms with Gasteiger partial charge in [0.2, 0.25) is 5.91 Å². The zero-order chi connectivity index (χ0) is 18.4. The highest BCUT2D eigenvalue weighted by Gasteiger charge is 2.56. The molecule has 5 heteroatoms. The molecule has 1 atom stereocenters. The fourth-order valence-electron chi connectivity index (χ4n) is 4.25. The fraction of sp³-hybridized carbons (Fsp3) is 0.600.